The molecule has 2 aliphatic rings. The molecule has 0 aliphatic carbocycles. The molecule has 2 aliphatic heterocycles. The number of likely N-dealkylation sites (N-methyl/N-ethyl adjacent to an activating group) is 1. The van der Waals surface area contributed by atoms with Gasteiger partial charge in [0.05, 0.1) is 24.1 Å². The Morgan fingerprint density at radius 3 is 2.78 bits per heavy atom. The van der Waals surface area contributed by atoms with Crippen LogP contribution in [0.15, 0.2) is 42.5 Å². The number of rotatable bonds is 4. The van der Waals surface area contributed by atoms with E-state index in [2.05, 4.69) is 5.32 Å². The van der Waals surface area contributed by atoms with Crippen molar-refractivity contribution < 1.29 is 33.4 Å². The lowest BCUT2D eigenvalue weighted by molar-refractivity contribution is -0.148. The van der Waals surface area contributed by atoms with Crippen molar-refractivity contribution in [3.63, 3.8) is 0 Å². The molecule has 0 bridgehead atoms. The predicted octanol–water partition coefficient (Wildman–Crippen LogP) is 2.93. The molecule has 8 nitrogen and oxygen atoms in total. The normalized spacial score (nSPS) is 22.6. The molecule has 2 heterocycles. The molecule has 9 heteroatoms. The van der Waals surface area contributed by atoms with Gasteiger partial charge in [0.2, 0.25) is 0 Å². The number of fused-ring (bicyclic) bond motifs is 2. The first-order valence-electron chi connectivity index (χ1n) is 10.3. The average Bonchev–Trinajstić information content (AvgIpc) is 2.76. The van der Waals surface area contributed by atoms with Gasteiger partial charge >= 0.3 is 5.97 Å². The molecule has 4 rings (SSSR count). The smallest absolute Gasteiger partial charge is 0.305 e. The minimum absolute atomic E-state index is 0.0914. The van der Waals surface area contributed by atoms with Crippen molar-refractivity contribution in [2.24, 2.45) is 0 Å². The second-order valence-corrected chi connectivity index (χ2v) is 7.94. The first kappa shape index (κ1) is 21.8. The maximum absolute atomic E-state index is 13.4. The summed E-state index contributed by atoms with van der Waals surface area (Å²) in [7, 11) is 1.67. The van der Waals surface area contributed by atoms with Crippen molar-refractivity contribution >= 4 is 23.5 Å². The highest BCUT2D eigenvalue weighted by atomic mass is 19.1. The molecule has 0 aromatic heterocycles. The molecule has 2 aromatic carbocycles. The lowest BCUT2D eigenvalue weighted by Gasteiger charge is -2.42. The van der Waals surface area contributed by atoms with Crippen molar-refractivity contribution in [1.82, 2.24) is 4.90 Å². The topological polar surface area (TPSA) is 105 Å². The van der Waals surface area contributed by atoms with E-state index in [1.807, 2.05) is 0 Å². The lowest BCUT2D eigenvalue weighted by atomic mass is 9.94. The van der Waals surface area contributed by atoms with Crippen LogP contribution in [0.1, 0.15) is 40.0 Å². The number of amides is 2. The van der Waals surface area contributed by atoms with E-state index in [0.717, 1.165) is 6.07 Å². The fourth-order valence-corrected chi connectivity index (χ4v) is 4.13. The number of nitrogens with zero attached hydrogens (tertiary/aromatic N) is 1. The Kier molecular flexibility index (Phi) is 6.09. The van der Waals surface area contributed by atoms with E-state index in [0.29, 0.717) is 24.3 Å². The van der Waals surface area contributed by atoms with Gasteiger partial charge in [0, 0.05) is 18.3 Å². The number of hydrogen-bond donors (Lipinski definition) is 2. The van der Waals surface area contributed by atoms with E-state index in [4.69, 9.17) is 14.6 Å². The number of carbonyl (C=O) groups is 3. The van der Waals surface area contributed by atoms with E-state index < -0.39 is 29.9 Å². The summed E-state index contributed by atoms with van der Waals surface area (Å²) in [5, 5.41) is 11.7. The molecule has 0 spiro atoms. The minimum atomic E-state index is -0.928. The van der Waals surface area contributed by atoms with E-state index in [1.54, 1.807) is 24.1 Å². The predicted molar refractivity (Wildman–Crippen MR) is 112 cm³/mol. The fourth-order valence-electron chi connectivity index (χ4n) is 4.13. The zero-order valence-electron chi connectivity index (χ0n) is 17.4. The van der Waals surface area contributed by atoms with Gasteiger partial charge in [-0.1, -0.05) is 6.07 Å². The van der Waals surface area contributed by atoms with Gasteiger partial charge < -0.3 is 24.8 Å². The van der Waals surface area contributed by atoms with Crippen molar-refractivity contribution in [2.45, 2.75) is 37.5 Å². The molecule has 2 amide bonds. The molecule has 168 valence electrons. The number of halogens is 1. The van der Waals surface area contributed by atoms with Gasteiger partial charge in [-0.3, -0.25) is 14.4 Å². The number of carboxylic acid groups (broad SMARTS) is 1. The van der Waals surface area contributed by atoms with Gasteiger partial charge in [-0.05, 0) is 49.2 Å². The number of hydrogen-bond acceptors (Lipinski definition) is 5. The van der Waals surface area contributed by atoms with E-state index >= 15 is 0 Å². The van der Waals surface area contributed by atoms with Crippen LogP contribution in [-0.4, -0.2) is 59.7 Å². The molecule has 2 aromatic rings. The SMILES string of the molecule is CN1C(=O)c2cc(NC(=O)c3cccc(F)c3)ccc2OC[C@H]2O[C@@H](CC(=O)O)CC[C@@H]21. The Hall–Kier alpha value is -3.46. The largest absolute Gasteiger partial charge is 0.490 e. The Morgan fingerprint density at radius 2 is 2.03 bits per heavy atom. The van der Waals surface area contributed by atoms with Gasteiger partial charge in [0.1, 0.15) is 24.3 Å². The van der Waals surface area contributed by atoms with Crippen molar-refractivity contribution in [3.05, 3.63) is 59.4 Å². The Labute approximate surface area is 183 Å². The van der Waals surface area contributed by atoms with Crippen LogP contribution < -0.4 is 10.1 Å². The molecule has 1 saturated heterocycles. The fraction of sp³-hybridized carbons (Fsp3) is 0.348. The summed E-state index contributed by atoms with van der Waals surface area (Å²) >= 11 is 0. The highest BCUT2D eigenvalue weighted by Crippen LogP contribution is 2.32. The zero-order valence-corrected chi connectivity index (χ0v) is 17.4. The van der Waals surface area contributed by atoms with E-state index in [9.17, 15) is 18.8 Å². The summed E-state index contributed by atoms with van der Waals surface area (Å²) in [6, 6.07) is 9.77. The first-order valence-corrected chi connectivity index (χ1v) is 10.3. The summed E-state index contributed by atoms with van der Waals surface area (Å²) in [5.41, 5.74) is 0.826. The number of ether oxygens (including phenoxy) is 2. The maximum Gasteiger partial charge on any atom is 0.305 e. The second kappa shape index (κ2) is 8.96. The maximum atomic E-state index is 13.4. The lowest BCUT2D eigenvalue weighted by Crippen LogP contribution is -2.53. The molecular weight excluding hydrogens is 419 g/mol. The van der Waals surface area contributed by atoms with Gasteiger partial charge in [-0.15, -0.1) is 0 Å². The highest BCUT2D eigenvalue weighted by Gasteiger charge is 2.39. The summed E-state index contributed by atoms with van der Waals surface area (Å²) in [4.78, 5) is 38.2. The number of aliphatic carboxylic acids is 1. The average molecular weight is 442 g/mol. The van der Waals surface area contributed by atoms with Crippen LogP contribution >= 0.6 is 0 Å². The van der Waals surface area contributed by atoms with Crippen LogP contribution in [0.5, 0.6) is 5.75 Å². The molecule has 0 saturated carbocycles. The molecular formula is C23H23FN2O6. The standard InChI is InChI=1S/C23H23FN2O6/c1-26-18-7-6-16(11-21(27)28)32-20(18)12-31-19-8-5-15(10-17(19)23(26)30)25-22(29)13-3-2-4-14(24)9-13/h2-5,8-10,16,18,20H,6-7,11-12H2,1H3,(H,25,29)(H,27,28)/t16-,18+,20-/m1/s1. The number of benzene rings is 2. The van der Waals surface area contributed by atoms with Crippen LogP contribution in [0.2, 0.25) is 0 Å². The Balaban J connectivity index is 1.54. The van der Waals surface area contributed by atoms with Crippen LogP contribution in [0.4, 0.5) is 10.1 Å². The number of carboxylic acids is 1. The van der Waals surface area contributed by atoms with E-state index in [-0.39, 0.29) is 36.1 Å². The van der Waals surface area contributed by atoms with Crippen molar-refractivity contribution in [2.75, 3.05) is 19.0 Å². The first-order chi connectivity index (χ1) is 15.3. The number of anilines is 1. The third kappa shape index (κ3) is 4.57. The summed E-state index contributed by atoms with van der Waals surface area (Å²) in [6.07, 6.45) is 0.176. The number of carbonyl (C=O) groups excluding carboxylic acids is 2. The van der Waals surface area contributed by atoms with Crippen LogP contribution in [-0.2, 0) is 9.53 Å². The summed E-state index contributed by atoms with van der Waals surface area (Å²) < 4.78 is 25.2. The Morgan fingerprint density at radius 1 is 1.22 bits per heavy atom. The van der Waals surface area contributed by atoms with Gasteiger partial charge in [0.15, 0.2) is 0 Å². The van der Waals surface area contributed by atoms with Crippen molar-refractivity contribution in [3.8, 4) is 5.75 Å². The third-order valence-corrected chi connectivity index (χ3v) is 5.76. The van der Waals surface area contributed by atoms with Gasteiger partial charge in [-0.2, -0.15) is 0 Å². The van der Waals surface area contributed by atoms with Crippen LogP contribution in [0.3, 0.4) is 0 Å². The van der Waals surface area contributed by atoms with Crippen LogP contribution in [0, 0.1) is 5.82 Å². The van der Waals surface area contributed by atoms with E-state index in [1.165, 1.54) is 24.3 Å². The van der Waals surface area contributed by atoms with Crippen LogP contribution in [0.25, 0.3) is 0 Å². The molecule has 0 unspecified atom stereocenters. The molecule has 3 atom stereocenters. The van der Waals surface area contributed by atoms with Crippen molar-refractivity contribution in [1.29, 1.82) is 0 Å². The zero-order chi connectivity index (χ0) is 22.8. The summed E-state index contributed by atoms with van der Waals surface area (Å²) in [5.74, 6) is -1.90. The quantitative estimate of drug-likeness (QED) is 0.754. The highest BCUT2D eigenvalue weighted by molar-refractivity contribution is 6.05. The monoisotopic (exact) mass is 442 g/mol. The van der Waals surface area contributed by atoms with Gasteiger partial charge in [-0.25, -0.2) is 4.39 Å². The molecule has 32 heavy (non-hydrogen) atoms. The molecule has 1 fully saturated rings. The van der Waals surface area contributed by atoms with Gasteiger partial charge in [0.25, 0.3) is 11.8 Å². The molecule has 2 N–H and O–H groups in total. The third-order valence-electron chi connectivity index (χ3n) is 5.76. The Bertz CT molecular complexity index is 1060. The second-order valence-electron chi connectivity index (χ2n) is 7.94. The minimum Gasteiger partial charge on any atom is -0.490 e. The number of nitrogens with one attached hydrogen (secondary N) is 1. The summed E-state index contributed by atoms with van der Waals surface area (Å²) in [6.45, 7) is 0.167. The molecule has 0 radical (unpaired) electrons.